The molecular formula is C12H9F3N2O. The summed E-state index contributed by atoms with van der Waals surface area (Å²) in [6.45, 7) is 0. The van der Waals surface area contributed by atoms with Crippen LogP contribution in [0.15, 0.2) is 30.3 Å². The molecule has 1 heterocycles. The lowest BCUT2D eigenvalue weighted by Gasteiger charge is -2.08. The Balaban J connectivity index is 2.52. The van der Waals surface area contributed by atoms with Gasteiger partial charge in [-0.15, -0.1) is 0 Å². The zero-order valence-corrected chi connectivity index (χ0v) is 9.38. The van der Waals surface area contributed by atoms with Gasteiger partial charge in [-0.2, -0.15) is 13.2 Å². The number of benzene rings is 1. The number of hydrogen-bond acceptors (Lipinski definition) is 2. The Morgan fingerprint density at radius 3 is 2.56 bits per heavy atom. The lowest BCUT2D eigenvalue weighted by atomic mass is 10.1. The Bertz CT molecular complexity index is 608. The van der Waals surface area contributed by atoms with Crippen LogP contribution in [0.25, 0.3) is 10.9 Å². The first-order chi connectivity index (χ1) is 8.41. The van der Waals surface area contributed by atoms with Gasteiger partial charge in [0.05, 0.1) is 11.1 Å². The molecular weight excluding hydrogens is 245 g/mol. The summed E-state index contributed by atoms with van der Waals surface area (Å²) in [4.78, 5) is 15.3. The van der Waals surface area contributed by atoms with Gasteiger partial charge in [-0.3, -0.25) is 4.79 Å². The maximum atomic E-state index is 12.5. The van der Waals surface area contributed by atoms with Crippen LogP contribution in [0.3, 0.4) is 0 Å². The Kier molecular flexibility index (Phi) is 2.94. The minimum atomic E-state index is -4.38. The van der Waals surface area contributed by atoms with Crippen molar-refractivity contribution in [1.82, 2.24) is 10.3 Å². The number of rotatable bonds is 1. The Hall–Kier alpha value is -2.11. The monoisotopic (exact) mass is 254 g/mol. The Morgan fingerprint density at radius 1 is 1.22 bits per heavy atom. The van der Waals surface area contributed by atoms with E-state index < -0.39 is 11.7 Å². The molecule has 0 aliphatic carbocycles. The first-order valence-corrected chi connectivity index (χ1v) is 5.12. The number of carbonyl (C=O) groups is 1. The van der Waals surface area contributed by atoms with E-state index in [-0.39, 0.29) is 11.6 Å². The molecule has 0 fully saturated rings. The highest BCUT2D eigenvalue weighted by molar-refractivity contribution is 5.94. The molecule has 18 heavy (non-hydrogen) atoms. The van der Waals surface area contributed by atoms with Crippen LogP contribution in [-0.4, -0.2) is 17.9 Å². The van der Waals surface area contributed by atoms with E-state index in [1.165, 1.54) is 25.2 Å². The number of carbonyl (C=O) groups excluding carboxylic acids is 1. The molecule has 0 unspecified atom stereocenters. The number of amides is 1. The van der Waals surface area contributed by atoms with Crippen LogP contribution in [0.1, 0.15) is 16.1 Å². The standard InChI is InChI=1S/C12H9F3N2O/c1-16-11(18)10-4-2-7-6-8(12(13,14)15)3-5-9(7)17-10/h2-6H,1H3,(H,16,18). The second-order valence-electron chi connectivity index (χ2n) is 3.68. The van der Waals surface area contributed by atoms with Gasteiger partial charge in [0, 0.05) is 12.4 Å². The molecule has 0 saturated heterocycles. The van der Waals surface area contributed by atoms with Crippen molar-refractivity contribution in [2.75, 3.05) is 7.05 Å². The summed E-state index contributed by atoms with van der Waals surface area (Å²) in [6, 6.07) is 6.05. The van der Waals surface area contributed by atoms with E-state index in [0.29, 0.717) is 10.9 Å². The van der Waals surface area contributed by atoms with Gasteiger partial charge in [0.2, 0.25) is 0 Å². The Morgan fingerprint density at radius 2 is 1.94 bits per heavy atom. The average Bonchev–Trinajstić information content (AvgIpc) is 2.35. The molecule has 1 N–H and O–H groups in total. The molecule has 2 rings (SSSR count). The third kappa shape index (κ3) is 2.27. The maximum Gasteiger partial charge on any atom is 0.416 e. The van der Waals surface area contributed by atoms with Crippen molar-refractivity contribution in [2.24, 2.45) is 0 Å². The fourth-order valence-electron chi connectivity index (χ4n) is 1.56. The van der Waals surface area contributed by atoms with Crippen LogP contribution in [0.4, 0.5) is 13.2 Å². The van der Waals surface area contributed by atoms with Gasteiger partial charge in [0.15, 0.2) is 0 Å². The van der Waals surface area contributed by atoms with E-state index >= 15 is 0 Å². The van der Waals surface area contributed by atoms with Crippen molar-refractivity contribution in [3.05, 3.63) is 41.6 Å². The van der Waals surface area contributed by atoms with Gasteiger partial charge >= 0.3 is 6.18 Å². The predicted molar refractivity (Wildman–Crippen MR) is 60.1 cm³/mol. The van der Waals surface area contributed by atoms with Crippen molar-refractivity contribution in [3.63, 3.8) is 0 Å². The summed E-state index contributed by atoms with van der Waals surface area (Å²) in [5, 5.41) is 2.75. The molecule has 3 nitrogen and oxygen atoms in total. The van der Waals surface area contributed by atoms with Crippen molar-refractivity contribution >= 4 is 16.8 Å². The minimum absolute atomic E-state index is 0.171. The molecule has 0 aliphatic rings. The number of nitrogens with one attached hydrogen (secondary N) is 1. The summed E-state index contributed by atoms with van der Waals surface area (Å²) in [5.74, 6) is -0.378. The number of aromatic nitrogens is 1. The third-order valence-corrected chi connectivity index (χ3v) is 2.48. The van der Waals surface area contributed by atoms with Gasteiger partial charge in [-0.1, -0.05) is 6.07 Å². The quantitative estimate of drug-likeness (QED) is 0.850. The molecule has 0 aliphatic heterocycles. The summed E-state index contributed by atoms with van der Waals surface area (Å²) in [6.07, 6.45) is -4.38. The predicted octanol–water partition coefficient (Wildman–Crippen LogP) is 2.61. The van der Waals surface area contributed by atoms with E-state index in [4.69, 9.17) is 0 Å². The van der Waals surface area contributed by atoms with E-state index in [0.717, 1.165) is 12.1 Å². The van der Waals surface area contributed by atoms with Crippen molar-refractivity contribution in [2.45, 2.75) is 6.18 Å². The van der Waals surface area contributed by atoms with Gasteiger partial charge in [0.1, 0.15) is 5.69 Å². The van der Waals surface area contributed by atoms with Crippen LogP contribution in [-0.2, 0) is 6.18 Å². The van der Waals surface area contributed by atoms with Crippen molar-refractivity contribution < 1.29 is 18.0 Å². The topological polar surface area (TPSA) is 42.0 Å². The highest BCUT2D eigenvalue weighted by Crippen LogP contribution is 2.31. The van der Waals surface area contributed by atoms with Crippen LogP contribution in [0, 0.1) is 0 Å². The molecule has 6 heteroatoms. The zero-order chi connectivity index (χ0) is 13.3. The number of fused-ring (bicyclic) bond motifs is 1. The number of alkyl halides is 3. The van der Waals surface area contributed by atoms with Crippen LogP contribution in [0.2, 0.25) is 0 Å². The number of nitrogens with zero attached hydrogens (tertiary/aromatic N) is 1. The largest absolute Gasteiger partial charge is 0.416 e. The Labute approximate surface area is 101 Å². The highest BCUT2D eigenvalue weighted by atomic mass is 19.4. The SMILES string of the molecule is CNC(=O)c1ccc2cc(C(F)(F)F)ccc2n1. The van der Waals surface area contributed by atoms with Crippen LogP contribution >= 0.6 is 0 Å². The molecule has 1 aromatic carbocycles. The molecule has 0 radical (unpaired) electrons. The minimum Gasteiger partial charge on any atom is -0.354 e. The van der Waals surface area contributed by atoms with Crippen LogP contribution < -0.4 is 5.32 Å². The fourth-order valence-corrected chi connectivity index (χ4v) is 1.56. The van der Waals surface area contributed by atoms with E-state index in [9.17, 15) is 18.0 Å². The molecule has 0 bridgehead atoms. The van der Waals surface area contributed by atoms with E-state index in [1.54, 1.807) is 0 Å². The smallest absolute Gasteiger partial charge is 0.354 e. The molecule has 1 amide bonds. The summed E-state index contributed by atoms with van der Waals surface area (Å²) < 4.78 is 37.5. The summed E-state index contributed by atoms with van der Waals surface area (Å²) in [5.41, 5.74) is -0.210. The highest BCUT2D eigenvalue weighted by Gasteiger charge is 2.30. The maximum absolute atomic E-state index is 12.5. The number of hydrogen-bond donors (Lipinski definition) is 1. The van der Waals surface area contributed by atoms with E-state index in [1.807, 2.05) is 0 Å². The average molecular weight is 254 g/mol. The second-order valence-corrected chi connectivity index (χ2v) is 3.68. The fraction of sp³-hybridized carbons (Fsp3) is 0.167. The molecule has 0 spiro atoms. The van der Waals surface area contributed by atoms with Crippen LogP contribution in [0.5, 0.6) is 0 Å². The first kappa shape index (κ1) is 12.3. The van der Waals surface area contributed by atoms with Gasteiger partial charge in [0.25, 0.3) is 5.91 Å². The van der Waals surface area contributed by atoms with Gasteiger partial charge in [-0.25, -0.2) is 4.98 Å². The number of halogens is 3. The van der Waals surface area contributed by atoms with Gasteiger partial charge < -0.3 is 5.32 Å². The summed E-state index contributed by atoms with van der Waals surface area (Å²) >= 11 is 0. The molecule has 1 aromatic heterocycles. The first-order valence-electron chi connectivity index (χ1n) is 5.12. The zero-order valence-electron chi connectivity index (χ0n) is 9.38. The van der Waals surface area contributed by atoms with Crippen molar-refractivity contribution in [1.29, 1.82) is 0 Å². The van der Waals surface area contributed by atoms with Crippen molar-refractivity contribution in [3.8, 4) is 0 Å². The second kappa shape index (κ2) is 4.29. The lowest BCUT2D eigenvalue weighted by Crippen LogP contribution is -2.19. The normalized spacial score (nSPS) is 11.6. The number of pyridine rings is 1. The molecule has 94 valence electrons. The molecule has 2 aromatic rings. The lowest BCUT2D eigenvalue weighted by molar-refractivity contribution is -0.137. The van der Waals surface area contributed by atoms with Gasteiger partial charge in [-0.05, 0) is 24.3 Å². The van der Waals surface area contributed by atoms with E-state index in [2.05, 4.69) is 10.3 Å². The molecule has 0 saturated carbocycles. The summed E-state index contributed by atoms with van der Waals surface area (Å²) in [7, 11) is 1.46. The third-order valence-electron chi connectivity index (χ3n) is 2.48. The molecule has 0 atom stereocenters.